The first-order valence-corrected chi connectivity index (χ1v) is 6.55. The number of aliphatic hydroxyl groups is 1. The van der Waals surface area contributed by atoms with Crippen LogP contribution >= 0.6 is 0 Å². The van der Waals surface area contributed by atoms with Gasteiger partial charge in [0.2, 0.25) is 0 Å². The summed E-state index contributed by atoms with van der Waals surface area (Å²) in [5.74, 6) is -2.20. The van der Waals surface area contributed by atoms with Gasteiger partial charge in [0.05, 0.1) is 12.2 Å². The number of rotatable bonds is 4. The summed E-state index contributed by atoms with van der Waals surface area (Å²) in [6, 6.07) is 0. The molecule has 0 amide bonds. The Balaban J connectivity index is 3.01. The van der Waals surface area contributed by atoms with Gasteiger partial charge >= 0.3 is 18.1 Å². The fourth-order valence-electron chi connectivity index (χ4n) is 2.17. The first kappa shape index (κ1) is 17.7. The Hall–Kier alpha value is -1.31. The second-order valence-corrected chi connectivity index (χ2v) is 5.87. The largest absolute Gasteiger partial charge is 0.462 e. The van der Waals surface area contributed by atoms with Gasteiger partial charge in [-0.1, -0.05) is 0 Å². The summed E-state index contributed by atoms with van der Waals surface area (Å²) in [6.45, 7) is 6.03. The summed E-state index contributed by atoms with van der Waals surface area (Å²) in [7, 11) is 0. The predicted molar refractivity (Wildman–Crippen MR) is 65.1 cm³/mol. The van der Waals surface area contributed by atoms with Gasteiger partial charge in [0.15, 0.2) is 11.0 Å². The zero-order chi connectivity index (χ0) is 16.6. The molecule has 1 rings (SSSR count). The Labute approximate surface area is 120 Å². The molecule has 1 aliphatic rings. The number of hydrogen-bond acceptors (Lipinski definition) is 5. The van der Waals surface area contributed by atoms with E-state index >= 15 is 0 Å². The van der Waals surface area contributed by atoms with Gasteiger partial charge < -0.3 is 14.6 Å². The Bertz CT molecular complexity index is 398. The van der Waals surface area contributed by atoms with Crippen molar-refractivity contribution in [2.75, 3.05) is 0 Å². The molecule has 0 saturated heterocycles. The smallest absolute Gasteiger partial charge is 0.417 e. The van der Waals surface area contributed by atoms with E-state index in [4.69, 9.17) is 9.47 Å². The van der Waals surface area contributed by atoms with E-state index in [0.29, 0.717) is 0 Å². The monoisotopic (exact) mass is 312 g/mol. The lowest BCUT2D eigenvalue weighted by atomic mass is 9.58. The third-order valence-electron chi connectivity index (χ3n) is 3.18. The van der Waals surface area contributed by atoms with E-state index in [9.17, 15) is 27.9 Å². The molecule has 0 aliphatic heterocycles. The highest BCUT2D eigenvalue weighted by Crippen LogP contribution is 2.57. The normalized spacial score (nSPS) is 20.1. The quantitative estimate of drug-likeness (QED) is 0.634. The lowest BCUT2D eigenvalue weighted by Gasteiger charge is -2.49. The first-order chi connectivity index (χ1) is 9.34. The third kappa shape index (κ3) is 3.30. The minimum absolute atomic E-state index is 0.596. The van der Waals surface area contributed by atoms with Gasteiger partial charge in [-0.2, -0.15) is 13.2 Å². The number of esters is 2. The van der Waals surface area contributed by atoms with Gasteiger partial charge in [0, 0.05) is 12.8 Å². The van der Waals surface area contributed by atoms with Gasteiger partial charge in [-0.3, -0.25) is 9.59 Å². The van der Waals surface area contributed by atoms with E-state index in [1.807, 2.05) is 0 Å². The Morgan fingerprint density at radius 1 is 1.00 bits per heavy atom. The standard InChI is InChI=1S/C13H19F3O5/c1-7(2)20-9(17)11(10(18)21-8(3)4)5-12(19,6-11)13(14,15)16/h7-8,19H,5-6H2,1-4H3. The fraction of sp³-hybridized carbons (Fsp3) is 0.846. The molecule has 1 saturated carbocycles. The lowest BCUT2D eigenvalue weighted by molar-refractivity contribution is -0.313. The average molecular weight is 312 g/mol. The number of halogens is 3. The molecule has 0 spiro atoms. The van der Waals surface area contributed by atoms with Crippen LogP contribution in [-0.2, 0) is 19.1 Å². The number of carbonyl (C=O) groups is 2. The summed E-state index contributed by atoms with van der Waals surface area (Å²) in [5.41, 5.74) is -5.17. The summed E-state index contributed by atoms with van der Waals surface area (Å²) >= 11 is 0. The minimum atomic E-state index is -4.92. The van der Waals surface area contributed by atoms with Crippen LogP contribution in [0.15, 0.2) is 0 Å². The minimum Gasteiger partial charge on any atom is -0.462 e. The second-order valence-electron chi connectivity index (χ2n) is 5.87. The molecular formula is C13H19F3O5. The van der Waals surface area contributed by atoms with Crippen LogP contribution in [0.3, 0.4) is 0 Å². The number of carbonyl (C=O) groups excluding carboxylic acids is 2. The second kappa shape index (κ2) is 5.47. The highest BCUT2D eigenvalue weighted by atomic mass is 19.4. The zero-order valence-corrected chi connectivity index (χ0v) is 12.3. The molecule has 0 aromatic carbocycles. The molecule has 1 N–H and O–H groups in total. The molecule has 0 heterocycles. The van der Waals surface area contributed by atoms with E-state index < -0.39 is 54.2 Å². The maximum Gasteiger partial charge on any atom is 0.417 e. The van der Waals surface area contributed by atoms with Gasteiger partial charge in [-0.05, 0) is 27.7 Å². The van der Waals surface area contributed by atoms with Gasteiger partial charge in [-0.15, -0.1) is 0 Å². The lowest BCUT2D eigenvalue weighted by Crippen LogP contribution is -2.66. The van der Waals surface area contributed by atoms with Crippen molar-refractivity contribution in [1.82, 2.24) is 0 Å². The summed E-state index contributed by atoms with van der Waals surface area (Å²) in [5, 5.41) is 9.51. The molecule has 0 aromatic heterocycles. The summed E-state index contributed by atoms with van der Waals surface area (Å²) < 4.78 is 47.9. The number of alkyl halides is 3. The maximum absolute atomic E-state index is 12.7. The summed E-state index contributed by atoms with van der Waals surface area (Å²) in [6.07, 6.45) is -8.28. The van der Waals surface area contributed by atoms with Crippen LogP contribution in [0.2, 0.25) is 0 Å². The highest BCUT2D eigenvalue weighted by Gasteiger charge is 2.74. The molecule has 0 atom stereocenters. The highest BCUT2D eigenvalue weighted by molar-refractivity contribution is 6.01. The Morgan fingerprint density at radius 3 is 1.57 bits per heavy atom. The molecule has 1 aliphatic carbocycles. The van der Waals surface area contributed by atoms with E-state index in [0.717, 1.165) is 0 Å². The van der Waals surface area contributed by atoms with Crippen LogP contribution in [0.25, 0.3) is 0 Å². The fourth-order valence-corrected chi connectivity index (χ4v) is 2.17. The Kier molecular flexibility index (Phi) is 4.62. The van der Waals surface area contributed by atoms with E-state index in [-0.39, 0.29) is 0 Å². The third-order valence-corrected chi connectivity index (χ3v) is 3.18. The molecule has 0 bridgehead atoms. The summed E-state index contributed by atoms with van der Waals surface area (Å²) in [4.78, 5) is 24.0. The van der Waals surface area contributed by atoms with Crippen LogP contribution < -0.4 is 0 Å². The SMILES string of the molecule is CC(C)OC(=O)C1(C(=O)OC(C)C)CC(O)(C(F)(F)F)C1. The van der Waals surface area contributed by atoms with Crippen molar-refractivity contribution in [3.05, 3.63) is 0 Å². The predicted octanol–water partition coefficient (Wildman–Crippen LogP) is 1.96. The first-order valence-electron chi connectivity index (χ1n) is 6.55. The molecular weight excluding hydrogens is 293 g/mol. The number of hydrogen-bond donors (Lipinski definition) is 1. The zero-order valence-electron chi connectivity index (χ0n) is 12.3. The Morgan fingerprint density at radius 2 is 1.33 bits per heavy atom. The molecule has 5 nitrogen and oxygen atoms in total. The van der Waals surface area contributed by atoms with Crippen LogP contribution in [0.5, 0.6) is 0 Å². The van der Waals surface area contributed by atoms with Crippen molar-refractivity contribution in [1.29, 1.82) is 0 Å². The average Bonchev–Trinajstić information content (AvgIpc) is 2.20. The molecule has 122 valence electrons. The molecule has 21 heavy (non-hydrogen) atoms. The molecule has 0 unspecified atom stereocenters. The van der Waals surface area contributed by atoms with Crippen LogP contribution in [-0.4, -0.2) is 41.0 Å². The van der Waals surface area contributed by atoms with E-state index in [1.165, 1.54) is 27.7 Å². The van der Waals surface area contributed by atoms with Crippen molar-refractivity contribution in [2.45, 2.75) is 64.5 Å². The van der Waals surface area contributed by atoms with Crippen molar-refractivity contribution >= 4 is 11.9 Å². The van der Waals surface area contributed by atoms with Crippen LogP contribution in [0.4, 0.5) is 13.2 Å². The van der Waals surface area contributed by atoms with Gasteiger partial charge in [0.1, 0.15) is 0 Å². The molecule has 8 heteroatoms. The maximum atomic E-state index is 12.7. The topological polar surface area (TPSA) is 72.8 Å². The molecule has 0 aromatic rings. The van der Waals surface area contributed by atoms with E-state index in [1.54, 1.807) is 0 Å². The molecule has 1 fully saturated rings. The van der Waals surface area contributed by atoms with Crippen molar-refractivity contribution in [3.63, 3.8) is 0 Å². The van der Waals surface area contributed by atoms with Crippen molar-refractivity contribution in [3.8, 4) is 0 Å². The molecule has 0 radical (unpaired) electrons. The van der Waals surface area contributed by atoms with Crippen LogP contribution in [0.1, 0.15) is 40.5 Å². The van der Waals surface area contributed by atoms with Crippen molar-refractivity contribution < 1.29 is 37.3 Å². The van der Waals surface area contributed by atoms with Crippen molar-refractivity contribution in [2.24, 2.45) is 5.41 Å². The van der Waals surface area contributed by atoms with E-state index in [2.05, 4.69) is 0 Å². The van der Waals surface area contributed by atoms with Gasteiger partial charge in [-0.25, -0.2) is 0 Å². The van der Waals surface area contributed by atoms with Crippen LogP contribution in [0, 0.1) is 5.41 Å². The number of ether oxygens (including phenoxy) is 2. The van der Waals surface area contributed by atoms with Gasteiger partial charge in [0.25, 0.3) is 0 Å².